The average Bonchev–Trinajstić information content (AvgIpc) is 3.11. The maximum Gasteiger partial charge on any atom is 0.333 e. The number of likely N-dealkylation sites (tertiary alicyclic amines) is 1. The Morgan fingerprint density at radius 1 is 1.29 bits per heavy atom. The summed E-state index contributed by atoms with van der Waals surface area (Å²) in [4.78, 5) is 37.1. The molecule has 2 bridgehead atoms. The van der Waals surface area contributed by atoms with Crippen LogP contribution in [0, 0.1) is 11.8 Å². The molecule has 0 spiro atoms. The highest BCUT2D eigenvalue weighted by molar-refractivity contribution is 6.06. The van der Waals surface area contributed by atoms with E-state index in [2.05, 4.69) is 6.58 Å². The second-order valence-electron chi connectivity index (χ2n) is 5.60. The molecular formula is C15H17NO5. The first-order chi connectivity index (χ1) is 10.0. The van der Waals surface area contributed by atoms with Crippen LogP contribution in [0.25, 0.3) is 0 Å². The number of hydrogen-bond acceptors (Lipinski definition) is 5. The van der Waals surface area contributed by atoms with Crippen molar-refractivity contribution in [3.8, 4) is 0 Å². The van der Waals surface area contributed by atoms with Gasteiger partial charge in [0.1, 0.15) is 0 Å². The molecule has 0 aromatic carbocycles. The van der Waals surface area contributed by atoms with Gasteiger partial charge in [0.25, 0.3) is 0 Å². The molecule has 2 saturated heterocycles. The van der Waals surface area contributed by atoms with Crippen LogP contribution in [0.5, 0.6) is 0 Å². The minimum Gasteiger partial charge on any atom is -0.462 e. The van der Waals surface area contributed by atoms with Gasteiger partial charge >= 0.3 is 5.97 Å². The van der Waals surface area contributed by atoms with Crippen molar-refractivity contribution >= 4 is 17.8 Å². The Morgan fingerprint density at radius 3 is 2.38 bits per heavy atom. The Hall–Kier alpha value is -1.95. The Bertz CT molecular complexity index is 522. The molecule has 3 heterocycles. The van der Waals surface area contributed by atoms with Gasteiger partial charge < -0.3 is 9.47 Å². The fraction of sp³-hybridized carbons (Fsp3) is 0.533. The van der Waals surface area contributed by atoms with Gasteiger partial charge in [-0.2, -0.15) is 0 Å². The van der Waals surface area contributed by atoms with E-state index < -0.39 is 5.97 Å². The highest BCUT2D eigenvalue weighted by atomic mass is 16.5. The summed E-state index contributed by atoms with van der Waals surface area (Å²) in [7, 11) is 0. The smallest absolute Gasteiger partial charge is 0.333 e. The SMILES string of the molecule is C=C(C)C(=O)OCCCN1C(=O)[C@@H]2[C@H]3C=CC(O3)[C@@H]2C1=O. The summed E-state index contributed by atoms with van der Waals surface area (Å²) in [5.74, 6) is -1.54. The molecule has 0 aromatic rings. The molecule has 0 radical (unpaired) electrons. The molecule has 0 aliphatic carbocycles. The summed E-state index contributed by atoms with van der Waals surface area (Å²) in [5, 5.41) is 0. The maximum atomic E-state index is 12.3. The summed E-state index contributed by atoms with van der Waals surface area (Å²) >= 11 is 0. The molecule has 2 amide bonds. The lowest BCUT2D eigenvalue weighted by Crippen LogP contribution is -2.35. The topological polar surface area (TPSA) is 72.9 Å². The predicted octanol–water partition coefficient (Wildman–Crippen LogP) is 0.434. The van der Waals surface area contributed by atoms with E-state index in [1.54, 1.807) is 6.92 Å². The highest BCUT2D eigenvalue weighted by Crippen LogP contribution is 2.44. The van der Waals surface area contributed by atoms with Gasteiger partial charge in [-0.15, -0.1) is 0 Å². The van der Waals surface area contributed by atoms with Crippen molar-refractivity contribution in [3.05, 3.63) is 24.3 Å². The van der Waals surface area contributed by atoms with Crippen LogP contribution in [0.3, 0.4) is 0 Å². The predicted molar refractivity (Wildman–Crippen MR) is 71.9 cm³/mol. The molecular weight excluding hydrogens is 274 g/mol. The van der Waals surface area contributed by atoms with Gasteiger partial charge in [0.05, 0.1) is 30.7 Å². The Morgan fingerprint density at radius 2 is 1.86 bits per heavy atom. The number of imide groups is 1. The van der Waals surface area contributed by atoms with E-state index in [-0.39, 0.29) is 49.0 Å². The molecule has 0 N–H and O–H groups in total. The molecule has 1 unspecified atom stereocenters. The molecule has 112 valence electrons. The van der Waals surface area contributed by atoms with E-state index in [0.29, 0.717) is 12.0 Å². The number of ether oxygens (including phenoxy) is 2. The summed E-state index contributed by atoms with van der Waals surface area (Å²) in [5.41, 5.74) is 0.331. The molecule has 4 atom stereocenters. The Labute approximate surface area is 122 Å². The van der Waals surface area contributed by atoms with Crippen LogP contribution in [0.1, 0.15) is 13.3 Å². The normalized spacial score (nSPS) is 32.7. The van der Waals surface area contributed by atoms with Gasteiger partial charge in [-0.3, -0.25) is 14.5 Å². The number of hydrogen-bond donors (Lipinski definition) is 0. The van der Waals surface area contributed by atoms with Crippen LogP contribution in [0.2, 0.25) is 0 Å². The van der Waals surface area contributed by atoms with Crippen molar-refractivity contribution in [2.24, 2.45) is 11.8 Å². The third-order valence-electron chi connectivity index (χ3n) is 4.11. The standard InChI is InChI=1S/C15H17NO5/c1-8(2)15(19)20-7-3-6-16-13(17)11-9-4-5-10(21-9)12(11)14(16)18/h4-5,9-12H,1,3,6-7H2,2H3/t9-,10?,11-,12+/m1/s1. The van der Waals surface area contributed by atoms with Gasteiger partial charge in [-0.25, -0.2) is 4.79 Å². The number of rotatable bonds is 5. The second kappa shape index (κ2) is 5.11. The fourth-order valence-electron chi connectivity index (χ4n) is 3.10. The highest BCUT2D eigenvalue weighted by Gasteiger charge is 2.60. The van der Waals surface area contributed by atoms with Gasteiger partial charge in [0, 0.05) is 12.1 Å². The van der Waals surface area contributed by atoms with Crippen LogP contribution < -0.4 is 0 Å². The first-order valence-electron chi connectivity index (χ1n) is 7.02. The molecule has 3 rings (SSSR count). The van der Waals surface area contributed by atoms with Crippen LogP contribution in [0.4, 0.5) is 0 Å². The van der Waals surface area contributed by atoms with Crippen molar-refractivity contribution in [2.45, 2.75) is 25.6 Å². The Balaban J connectivity index is 1.54. The molecule has 2 fully saturated rings. The maximum absolute atomic E-state index is 12.3. The van der Waals surface area contributed by atoms with Crippen molar-refractivity contribution in [1.29, 1.82) is 0 Å². The van der Waals surface area contributed by atoms with E-state index in [9.17, 15) is 14.4 Å². The van der Waals surface area contributed by atoms with E-state index in [1.165, 1.54) is 4.90 Å². The summed E-state index contributed by atoms with van der Waals surface area (Å²) < 4.78 is 10.5. The molecule has 6 nitrogen and oxygen atoms in total. The largest absolute Gasteiger partial charge is 0.462 e. The lowest BCUT2D eigenvalue weighted by molar-refractivity contribution is -0.142. The van der Waals surface area contributed by atoms with Gasteiger partial charge in [0.15, 0.2) is 0 Å². The van der Waals surface area contributed by atoms with E-state index in [1.807, 2.05) is 12.2 Å². The van der Waals surface area contributed by atoms with Crippen LogP contribution >= 0.6 is 0 Å². The Kier molecular flexibility index (Phi) is 3.41. The van der Waals surface area contributed by atoms with Gasteiger partial charge in [-0.1, -0.05) is 18.7 Å². The van der Waals surface area contributed by atoms with E-state index in [0.717, 1.165) is 0 Å². The third kappa shape index (κ3) is 2.19. The van der Waals surface area contributed by atoms with Crippen LogP contribution in [-0.4, -0.2) is 48.0 Å². The van der Waals surface area contributed by atoms with E-state index >= 15 is 0 Å². The zero-order chi connectivity index (χ0) is 15.1. The molecule has 0 saturated carbocycles. The molecule has 0 aromatic heterocycles. The first-order valence-corrected chi connectivity index (χ1v) is 7.02. The number of esters is 1. The zero-order valence-electron chi connectivity index (χ0n) is 11.8. The number of carbonyl (C=O) groups excluding carboxylic acids is 3. The number of amides is 2. The van der Waals surface area contributed by atoms with Gasteiger partial charge in [0.2, 0.25) is 11.8 Å². The van der Waals surface area contributed by atoms with Crippen molar-refractivity contribution in [3.63, 3.8) is 0 Å². The number of fused-ring (bicyclic) bond motifs is 5. The monoisotopic (exact) mass is 291 g/mol. The molecule has 3 aliphatic rings. The lowest BCUT2D eigenvalue weighted by atomic mass is 9.85. The minimum atomic E-state index is -0.457. The number of nitrogens with zero attached hydrogens (tertiary/aromatic N) is 1. The zero-order valence-corrected chi connectivity index (χ0v) is 11.8. The van der Waals surface area contributed by atoms with Gasteiger partial charge in [-0.05, 0) is 13.3 Å². The van der Waals surface area contributed by atoms with Crippen molar-refractivity contribution in [1.82, 2.24) is 4.90 Å². The number of carbonyl (C=O) groups is 3. The van der Waals surface area contributed by atoms with Crippen molar-refractivity contribution < 1.29 is 23.9 Å². The molecule has 3 aliphatic heterocycles. The quantitative estimate of drug-likeness (QED) is 0.241. The second-order valence-corrected chi connectivity index (χ2v) is 5.60. The van der Waals surface area contributed by atoms with E-state index in [4.69, 9.17) is 9.47 Å². The minimum absolute atomic E-state index is 0.166. The first kappa shape index (κ1) is 14.0. The molecule has 6 heteroatoms. The summed E-state index contributed by atoms with van der Waals surface area (Å²) in [6.07, 6.45) is 3.62. The fourth-order valence-corrected chi connectivity index (χ4v) is 3.10. The molecule has 21 heavy (non-hydrogen) atoms. The average molecular weight is 291 g/mol. The van der Waals surface area contributed by atoms with Crippen molar-refractivity contribution in [2.75, 3.05) is 13.2 Å². The summed E-state index contributed by atoms with van der Waals surface area (Å²) in [6.45, 7) is 5.49. The third-order valence-corrected chi connectivity index (χ3v) is 4.11. The van der Waals surface area contributed by atoms with Crippen LogP contribution in [-0.2, 0) is 23.9 Å². The lowest BCUT2D eigenvalue weighted by Gasteiger charge is -2.17. The summed E-state index contributed by atoms with van der Waals surface area (Å²) in [6, 6.07) is 0. The van der Waals surface area contributed by atoms with Crippen LogP contribution in [0.15, 0.2) is 24.3 Å².